The molecule has 0 aromatic rings. The third-order valence-corrected chi connectivity index (χ3v) is 12.8. The molecule has 1 atom stereocenters. The fourth-order valence-corrected chi connectivity index (χ4v) is 8.57. The van der Waals surface area contributed by atoms with Gasteiger partial charge in [-0.3, -0.25) is 14.4 Å². The molecule has 0 aromatic carbocycles. The van der Waals surface area contributed by atoms with Crippen molar-refractivity contribution in [2.75, 3.05) is 13.2 Å². The Hall–Kier alpha value is -1.59. The van der Waals surface area contributed by atoms with Crippen molar-refractivity contribution in [1.29, 1.82) is 0 Å². The van der Waals surface area contributed by atoms with E-state index >= 15 is 0 Å². The molecule has 0 spiro atoms. The summed E-state index contributed by atoms with van der Waals surface area (Å²) < 4.78 is 16.9. The van der Waals surface area contributed by atoms with Crippen LogP contribution in [0, 0.1) is 5.92 Å². The van der Waals surface area contributed by atoms with Gasteiger partial charge in [-0.15, -0.1) is 0 Å². The first-order valence-electron chi connectivity index (χ1n) is 27.9. The van der Waals surface area contributed by atoms with Gasteiger partial charge in [-0.1, -0.05) is 278 Å². The molecule has 62 heavy (non-hydrogen) atoms. The molecule has 0 aromatic heterocycles. The first-order chi connectivity index (χ1) is 30.4. The number of carbonyl (C=O) groups excluding carboxylic acids is 3. The second-order valence-corrected chi connectivity index (χ2v) is 19.7. The minimum atomic E-state index is -0.761. The van der Waals surface area contributed by atoms with E-state index in [2.05, 4.69) is 27.7 Å². The smallest absolute Gasteiger partial charge is 0.306 e. The maximum Gasteiger partial charge on any atom is 0.306 e. The highest BCUT2D eigenvalue weighted by molar-refractivity contribution is 5.71. The number of hydrogen-bond acceptors (Lipinski definition) is 6. The first kappa shape index (κ1) is 60.4. The standard InChI is InChI=1S/C56H108O6/c1-5-7-9-11-13-15-17-19-20-21-23-27-31-35-39-43-47-54(57)60-50-53(62-56(59)49-45-41-37-33-29-22-18-16-14-12-10-8-6-2)51-61-55(58)48-44-40-36-32-28-25-24-26-30-34-38-42-46-52(3)4/h52-53H,5-51H2,1-4H3/t53-/m1/s1. The monoisotopic (exact) mass is 877 g/mol. The summed E-state index contributed by atoms with van der Waals surface area (Å²) in [5.74, 6) is -0.00414. The van der Waals surface area contributed by atoms with Crippen LogP contribution in [0.1, 0.15) is 317 Å². The summed E-state index contributed by atoms with van der Waals surface area (Å²) in [5, 5.41) is 0. The first-order valence-corrected chi connectivity index (χ1v) is 27.9. The number of hydrogen-bond donors (Lipinski definition) is 0. The highest BCUT2D eigenvalue weighted by Gasteiger charge is 2.19. The number of ether oxygens (including phenoxy) is 3. The zero-order valence-electron chi connectivity index (χ0n) is 42.3. The quantitative estimate of drug-likeness (QED) is 0.0344. The van der Waals surface area contributed by atoms with Gasteiger partial charge in [-0.2, -0.15) is 0 Å². The topological polar surface area (TPSA) is 78.9 Å². The molecule has 0 saturated carbocycles. The lowest BCUT2D eigenvalue weighted by Crippen LogP contribution is -2.30. The fourth-order valence-electron chi connectivity index (χ4n) is 8.57. The van der Waals surface area contributed by atoms with Crippen molar-refractivity contribution in [3.8, 4) is 0 Å². The average molecular weight is 877 g/mol. The van der Waals surface area contributed by atoms with Crippen molar-refractivity contribution in [3.05, 3.63) is 0 Å². The van der Waals surface area contributed by atoms with E-state index in [0.717, 1.165) is 63.7 Å². The Bertz CT molecular complexity index is 933. The highest BCUT2D eigenvalue weighted by Crippen LogP contribution is 2.18. The number of rotatable bonds is 51. The Morgan fingerprint density at radius 1 is 0.306 bits per heavy atom. The third kappa shape index (κ3) is 49.4. The van der Waals surface area contributed by atoms with Crippen molar-refractivity contribution >= 4 is 17.9 Å². The van der Waals surface area contributed by atoms with E-state index in [9.17, 15) is 14.4 Å². The van der Waals surface area contributed by atoms with Crippen LogP contribution >= 0.6 is 0 Å². The van der Waals surface area contributed by atoms with Gasteiger partial charge in [0.25, 0.3) is 0 Å². The minimum absolute atomic E-state index is 0.0621. The summed E-state index contributed by atoms with van der Waals surface area (Å²) in [6, 6.07) is 0. The second-order valence-electron chi connectivity index (χ2n) is 19.7. The zero-order valence-corrected chi connectivity index (χ0v) is 42.3. The van der Waals surface area contributed by atoms with E-state index in [1.807, 2.05) is 0 Å². The van der Waals surface area contributed by atoms with Crippen LogP contribution in [0.25, 0.3) is 0 Å². The van der Waals surface area contributed by atoms with Gasteiger partial charge in [0.15, 0.2) is 6.10 Å². The molecule has 0 radical (unpaired) electrons. The van der Waals surface area contributed by atoms with E-state index < -0.39 is 6.10 Å². The normalized spacial score (nSPS) is 12.0. The molecular weight excluding hydrogens is 769 g/mol. The second kappa shape index (κ2) is 50.4. The van der Waals surface area contributed by atoms with Crippen LogP contribution in [0.15, 0.2) is 0 Å². The Morgan fingerprint density at radius 2 is 0.532 bits per heavy atom. The molecule has 0 aliphatic rings. The van der Waals surface area contributed by atoms with Crippen LogP contribution in [-0.2, 0) is 28.6 Å². The van der Waals surface area contributed by atoms with Crippen LogP contribution in [0.5, 0.6) is 0 Å². The summed E-state index contributed by atoms with van der Waals surface area (Å²) in [6.07, 6.45) is 53.7. The molecule has 368 valence electrons. The molecular formula is C56H108O6. The summed E-state index contributed by atoms with van der Waals surface area (Å²) in [5.41, 5.74) is 0. The van der Waals surface area contributed by atoms with Crippen LogP contribution in [0.2, 0.25) is 0 Å². The van der Waals surface area contributed by atoms with Gasteiger partial charge < -0.3 is 14.2 Å². The van der Waals surface area contributed by atoms with E-state index in [0.29, 0.717) is 19.3 Å². The van der Waals surface area contributed by atoms with Crippen molar-refractivity contribution < 1.29 is 28.6 Å². The summed E-state index contributed by atoms with van der Waals surface area (Å²) >= 11 is 0. The summed E-state index contributed by atoms with van der Waals surface area (Å²) in [7, 11) is 0. The summed E-state index contributed by atoms with van der Waals surface area (Å²) in [4.78, 5) is 38.1. The Balaban J connectivity index is 4.29. The number of esters is 3. The summed E-state index contributed by atoms with van der Waals surface area (Å²) in [6.45, 7) is 9.05. The van der Waals surface area contributed by atoms with Crippen molar-refractivity contribution in [1.82, 2.24) is 0 Å². The van der Waals surface area contributed by atoms with Crippen LogP contribution < -0.4 is 0 Å². The number of unbranched alkanes of at least 4 members (excludes halogenated alkanes) is 38. The maximum absolute atomic E-state index is 12.8. The third-order valence-electron chi connectivity index (χ3n) is 12.8. The van der Waals surface area contributed by atoms with E-state index in [-0.39, 0.29) is 31.1 Å². The molecule has 0 aliphatic carbocycles. The zero-order chi connectivity index (χ0) is 45.2. The van der Waals surface area contributed by atoms with Crippen LogP contribution in [-0.4, -0.2) is 37.2 Å². The number of carbonyl (C=O) groups is 3. The Morgan fingerprint density at radius 3 is 0.790 bits per heavy atom. The van der Waals surface area contributed by atoms with Gasteiger partial charge >= 0.3 is 17.9 Å². The van der Waals surface area contributed by atoms with Gasteiger partial charge in [0.1, 0.15) is 13.2 Å². The largest absolute Gasteiger partial charge is 0.462 e. The Labute approximate surface area is 387 Å². The minimum Gasteiger partial charge on any atom is -0.462 e. The van der Waals surface area contributed by atoms with Crippen molar-refractivity contribution in [3.63, 3.8) is 0 Å². The molecule has 0 aliphatic heterocycles. The molecule has 0 rings (SSSR count). The molecule has 0 N–H and O–H groups in total. The van der Waals surface area contributed by atoms with E-state index in [1.54, 1.807) is 0 Å². The highest BCUT2D eigenvalue weighted by atomic mass is 16.6. The SMILES string of the molecule is CCCCCCCCCCCCCCCCCCC(=O)OC[C@H](COC(=O)CCCCCCCCCCCCCCC(C)C)OC(=O)CCCCCCCCCCCCCCC. The van der Waals surface area contributed by atoms with Crippen LogP contribution in [0.3, 0.4) is 0 Å². The van der Waals surface area contributed by atoms with E-state index in [1.165, 1.54) is 212 Å². The molecule has 0 amide bonds. The lowest BCUT2D eigenvalue weighted by molar-refractivity contribution is -0.167. The maximum atomic E-state index is 12.8. The van der Waals surface area contributed by atoms with Gasteiger partial charge in [-0.25, -0.2) is 0 Å². The molecule has 0 saturated heterocycles. The van der Waals surface area contributed by atoms with E-state index in [4.69, 9.17) is 14.2 Å². The lowest BCUT2D eigenvalue weighted by Gasteiger charge is -2.18. The Kier molecular flexibility index (Phi) is 49.1. The van der Waals surface area contributed by atoms with Gasteiger partial charge in [-0.05, 0) is 25.2 Å². The van der Waals surface area contributed by atoms with Crippen LogP contribution in [0.4, 0.5) is 0 Å². The van der Waals surface area contributed by atoms with Gasteiger partial charge in [0, 0.05) is 19.3 Å². The van der Waals surface area contributed by atoms with Crippen molar-refractivity contribution in [2.45, 2.75) is 323 Å². The predicted octanol–water partition coefficient (Wildman–Crippen LogP) is 18.2. The van der Waals surface area contributed by atoms with Gasteiger partial charge in [0.2, 0.25) is 0 Å². The molecule has 0 heterocycles. The average Bonchev–Trinajstić information content (AvgIpc) is 3.26. The molecule has 0 unspecified atom stereocenters. The van der Waals surface area contributed by atoms with Gasteiger partial charge in [0.05, 0.1) is 0 Å². The molecule has 0 bridgehead atoms. The fraction of sp³-hybridized carbons (Fsp3) is 0.946. The lowest BCUT2D eigenvalue weighted by atomic mass is 10.0. The van der Waals surface area contributed by atoms with Crippen molar-refractivity contribution in [2.24, 2.45) is 5.92 Å². The molecule has 6 heteroatoms. The molecule has 6 nitrogen and oxygen atoms in total. The predicted molar refractivity (Wildman–Crippen MR) is 266 cm³/mol. The molecule has 0 fully saturated rings.